The summed E-state index contributed by atoms with van der Waals surface area (Å²) in [5.74, 6) is 1.51. The van der Waals surface area contributed by atoms with E-state index in [9.17, 15) is 4.79 Å². The minimum atomic E-state index is 0.153. The lowest BCUT2D eigenvalue weighted by atomic mass is 10.1. The van der Waals surface area contributed by atoms with E-state index in [1.165, 1.54) is 5.56 Å². The van der Waals surface area contributed by atoms with Crippen molar-refractivity contribution in [3.8, 4) is 17.1 Å². The van der Waals surface area contributed by atoms with Crippen molar-refractivity contribution >= 4 is 6.29 Å². The zero-order chi connectivity index (χ0) is 16.2. The van der Waals surface area contributed by atoms with Crippen LogP contribution in [0.5, 0.6) is 5.75 Å². The van der Waals surface area contributed by atoms with E-state index in [0.29, 0.717) is 23.0 Å². The third kappa shape index (κ3) is 3.45. The van der Waals surface area contributed by atoms with Gasteiger partial charge in [0.1, 0.15) is 12.0 Å². The molecule has 0 bridgehead atoms. The molecule has 0 spiro atoms. The van der Waals surface area contributed by atoms with E-state index < -0.39 is 0 Å². The fourth-order valence-electron chi connectivity index (χ4n) is 2.31. The average molecular weight is 308 g/mol. The topological polar surface area (TPSA) is 65.2 Å². The Balaban J connectivity index is 1.73. The summed E-state index contributed by atoms with van der Waals surface area (Å²) in [6.07, 6.45) is 0.776. The number of hydrogen-bond acceptors (Lipinski definition) is 5. The SMILES string of the molecule is Cc1ccc(-c2noc(COc3cccc(C=O)c3)n2)c(C)c1. The van der Waals surface area contributed by atoms with Crippen LogP contribution < -0.4 is 4.74 Å². The Morgan fingerprint density at radius 2 is 2.04 bits per heavy atom. The third-order valence-electron chi connectivity index (χ3n) is 3.45. The molecule has 0 saturated carbocycles. The van der Waals surface area contributed by atoms with Gasteiger partial charge in [0.25, 0.3) is 5.89 Å². The monoisotopic (exact) mass is 308 g/mol. The second-order valence-corrected chi connectivity index (χ2v) is 5.31. The summed E-state index contributed by atoms with van der Waals surface area (Å²) >= 11 is 0. The lowest BCUT2D eigenvalue weighted by molar-refractivity contribution is 0.112. The first-order valence-electron chi connectivity index (χ1n) is 7.24. The van der Waals surface area contributed by atoms with Gasteiger partial charge in [0, 0.05) is 11.1 Å². The number of nitrogens with zero attached hydrogens (tertiary/aromatic N) is 2. The van der Waals surface area contributed by atoms with Crippen molar-refractivity contribution in [1.82, 2.24) is 10.1 Å². The summed E-state index contributed by atoms with van der Waals surface area (Å²) < 4.78 is 10.8. The van der Waals surface area contributed by atoms with E-state index in [4.69, 9.17) is 9.26 Å². The molecule has 23 heavy (non-hydrogen) atoms. The molecule has 0 aliphatic carbocycles. The van der Waals surface area contributed by atoms with Gasteiger partial charge < -0.3 is 9.26 Å². The first-order chi connectivity index (χ1) is 11.2. The Morgan fingerprint density at radius 3 is 2.83 bits per heavy atom. The molecule has 0 unspecified atom stereocenters. The van der Waals surface area contributed by atoms with Gasteiger partial charge in [0.05, 0.1) is 0 Å². The molecule has 0 fully saturated rings. The van der Waals surface area contributed by atoms with Crippen molar-refractivity contribution in [3.05, 3.63) is 65.0 Å². The molecule has 3 rings (SSSR count). The summed E-state index contributed by atoms with van der Waals surface area (Å²) in [6, 6.07) is 13.0. The Bertz CT molecular complexity index is 840. The molecule has 116 valence electrons. The van der Waals surface area contributed by atoms with E-state index in [-0.39, 0.29) is 6.61 Å². The smallest absolute Gasteiger partial charge is 0.264 e. The van der Waals surface area contributed by atoms with E-state index in [1.54, 1.807) is 24.3 Å². The van der Waals surface area contributed by atoms with Crippen LogP contribution in [-0.4, -0.2) is 16.4 Å². The second kappa shape index (κ2) is 6.44. The fraction of sp³-hybridized carbons (Fsp3) is 0.167. The number of aryl methyl sites for hydroxylation is 2. The van der Waals surface area contributed by atoms with Crippen LogP contribution in [0.25, 0.3) is 11.4 Å². The van der Waals surface area contributed by atoms with Crippen molar-refractivity contribution in [2.45, 2.75) is 20.5 Å². The van der Waals surface area contributed by atoms with Crippen LogP contribution in [0.2, 0.25) is 0 Å². The second-order valence-electron chi connectivity index (χ2n) is 5.31. The molecule has 0 atom stereocenters. The van der Waals surface area contributed by atoms with Crippen LogP contribution >= 0.6 is 0 Å². The van der Waals surface area contributed by atoms with Gasteiger partial charge in [-0.3, -0.25) is 4.79 Å². The average Bonchev–Trinajstić information content (AvgIpc) is 3.02. The molecule has 0 N–H and O–H groups in total. The van der Waals surface area contributed by atoms with Gasteiger partial charge >= 0.3 is 0 Å². The van der Waals surface area contributed by atoms with Gasteiger partial charge in [-0.05, 0) is 31.5 Å². The van der Waals surface area contributed by atoms with E-state index in [1.807, 2.05) is 26.0 Å². The number of hydrogen-bond donors (Lipinski definition) is 0. The van der Waals surface area contributed by atoms with Crippen LogP contribution in [0.4, 0.5) is 0 Å². The highest BCUT2D eigenvalue weighted by molar-refractivity contribution is 5.75. The summed E-state index contributed by atoms with van der Waals surface area (Å²) in [6.45, 7) is 4.21. The molecule has 0 amide bonds. The van der Waals surface area contributed by atoms with Gasteiger partial charge in [0.15, 0.2) is 6.61 Å². The molecule has 2 aromatic carbocycles. The summed E-state index contributed by atoms with van der Waals surface area (Å²) in [5, 5.41) is 4.00. The maximum atomic E-state index is 10.8. The number of rotatable bonds is 5. The van der Waals surface area contributed by atoms with Crippen molar-refractivity contribution < 1.29 is 14.1 Å². The molecule has 0 saturated heterocycles. The third-order valence-corrected chi connectivity index (χ3v) is 3.45. The van der Waals surface area contributed by atoms with Gasteiger partial charge in [-0.2, -0.15) is 4.98 Å². The maximum absolute atomic E-state index is 10.8. The molecule has 1 heterocycles. The van der Waals surface area contributed by atoms with E-state index >= 15 is 0 Å². The van der Waals surface area contributed by atoms with Crippen LogP contribution in [0.3, 0.4) is 0 Å². The zero-order valence-electron chi connectivity index (χ0n) is 12.9. The lowest BCUT2D eigenvalue weighted by Crippen LogP contribution is -1.96. The highest BCUT2D eigenvalue weighted by atomic mass is 16.5. The van der Waals surface area contributed by atoms with Crippen LogP contribution in [0, 0.1) is 13.8 Å². The fourth-order valence-corrected chi connectivity index (χ4v) is 2.31. The van der Waals surface area contributed by atoms with Crippen molar-refractivity contribution in [2.75, 3.05) is 0 Å². The molecule has 0 aliphatic rings. The maximum Gasteiger partial charge on any atom is 0.264 e. The standard InChI is InChI=1S/C18H16N2O3/c1-12-6-7-16(13(2)8-12)18-19-17(23-20-18)11-22-15-5-3-4-14(9-15)10-21/h3-10H,11H2,1-2H3. The number of aromatic nitrogens is 2. The molecule has 0 radical (unpaired) electrons. The Morgan fingerprint density at radius 1 is 1.17 bits per heavy atom. The Labute approximate surface area is 133 Å². The molecule has 1 aromatic heterocycles. The molecular formula is C18H16N2O3. The summed E-state index contributed by atoms with van der Waals surface area (Å²) in [4.78, 5) is 15.1. The predicted octanol–water partition coefficient (Wildman–Crippen LogP) is 3.74. The Kier molecular flexibility index (Phi) is 4.19. The first kappa shape index (κ1) is 15.0. The number of ether oxygens (including phenoxy) is 1. The molecular weight excluding hydrogens is 292 g/mol. The van der Waals surface area contributed by atoms with Crippen LogP contribution in [0.1, 0.15) is 27.4 Å². The van der Waals surface area contributed by atoms with Crippen molar-refractivity contribution in [1.29, 1.82) is 0 Å². The minimum Gasteiger partial charge on any atom is -0.484 e. The Hall–Kier alpha value is -2.95. The predicted molar refractivity (Wildman–Crippen MR) is 85.4 cm³/mol. The van der Waals surface area contributed by atoms with E-state index in [2.05, 4.69) is 16.2 Å². The molecule has 3 aromatic rings. The quantitative estimate of drug-likeness (QED) is 0.672. The molecule has 0 aliphatic heterocycles. The lowest BCUT2D eigenvalue weighted by Gasteiger charge is -2.03. The number of carbonyl (C=O) groups excluding carboxylic acids is 1. The van der Waals surface area contributed by atoms with Crippen LogP contribution in [-0.2, 0) is 6.61 Å². The molecule has 5 nitrogen and oxygen atoms in total. The highest BCUT2D eigenvalue weighted by Gasteiger charge is 2.11. The summed E-state index contributed by atoms with van der Waals surface area (Å²) in [5.41, 5.74) is 3.78. The minimum absolute atomic E-state index is 0.153. The van der Waals surface area contributed by atoms with Gasteiger partial charge in [0.2, 0.25) is 5.82 Å². The van der Waals surface area contributed by atoms with Gasteiger partial charge in [-0.25, -0.2) is 0 Å². The van der Waals surface area contributed by atoms with E-state index in [0.717, 1.165) is 17.4 Å². The van der Waals surface area contributed by atoms with Crippen molar-refractivity contribution in [3.63, 3.8) is 0 Å². The summed E-state index contributed by atoms with van der Waals surface area (Å²) in [7, 11) is 0. The highest BCUT2D eigenvalue weighted by Crippen LogP contribution is 2.22. The van der Waals surface area contributed by atoms with Crippen molar-refractivity contribution in [2.24, 2.45) is 0 Å². The van der Waals surface area contributed by atoms with Gasteiger partial charge in [-0.15, -0.1) is 0 Å². The van der Waals surface area contributed by atoms with Gasteiger partial charge in [-0.1, -0.05) is 41.1 Å². The first-order valence-corrected chi connectivity index (χ1v) is 7.24. The normalized spacial score (nSPS) is 10.5. The van der Waals surface area contributed by atoms with Crippen LogP contribution in [0.15, 0.2) is 47.0 Å². The molecule has 5 heteroatoms. The zero-order valence-corrected chi connectivity index (χ0v) is 12.9. The number of aldehydes is 1. The number of benzene rings is 2. The number of carbonyl (C=O) groups is 1. The largest absolute Gasteiger partial charge is 0.484 e.